The third-order valence-corrected chi connectivity index (χ3v) is 7.49. The maximum Gasteiger partial charge on any atom is 0.259 e. The van der Waals surface area contributed by atoms with E-state index in [4.69, 9.17) is 20.7 Å². The topological polar surface area (TPSA) is 127 Å². The Hall–Kier alpha value is -5.23. The van der Waals surface area contributed by atoms with Crippen molar-refractivity contribution in [1.29, 1.82) is 0 Å². The Kier molecular flexibility index (Phi) is 6.93. The number of phenols is 1. The quantitative estimate of drug-likeness (QED) is 0.167. The zero-order valence-electron chi connectivity index (χ0n) is 23.0. The van der Waals surface area contributed by atoms with E-state index in [-0.39, 0.29) is 58.6 Å². The molecule has 9 nitrogen and oxygen atoms in total. The van der Waals surface area contributed by atoms with E-state index in [0.717, 1.165) is 21.9 Å². The Labute approximate surface area is 236 Å². The molecule has 1 atom stereocenters. The van der Waals surface area contributed by atoms with Gasteiger partial charge in [0.05, 0.1) is 24.0 Å². The second-order valence-electron chi connectivity index (χ2n) is 9.92. The molecule has 1 heterocycles. The van der Waals surface area contributed by atoms with Crippen LogP contribution in [0.4, 0.5) is 0 Å². The van der Waals surface area contributed by atoms with Gasteiger partial charge in [-0.15, -0.1) is 6.42 Å². The second kappa shape index (κ2) is 10.4. The Morgan fingerprint density at radius 1 is 1.22 bits per heavy atom. The molecule has 1 aliphatic carbocycles. The molecule has 9 heteroatoms. The molecule has 0 bridgehead atoms. The van der Waals surface area contributed by atoms with E-state index >= 15 is 0 Å². The number of carbonyl (C=O) groups excluding carboxylic acids is 2. The first-order valence-corrected chi connectivity index (χ1v) is 12.8. The molecule has 1 aliphatic heterocycles. The van der Waals surface area contributed by atoms with E-state index in [9.17, 15) is 19.8 Å². The number of aliphatic hydroxyl groups is 1. The Morgan fingerprint density at radius 3 is 2.71 bits per heavy atom. The minimum Gasteiger partial charge on any atom is -0.507 e. The van der Waals surface area contributed by atoms with E-state index in [1.54, 1.807) is 6.92 Å². The Morgan fingerprint density at radius 2 is 1.98 bits per heavy atom. The number of ether oxygens (including phenoxy) is 2. The number of oxime groups is 1. The van der Waals surface area contributed by atoms with Crippen molar-refractivity contribution >= 4 is 28.2 Å². The molecule has 0 aromatic heterocycles. The smallest absolute Gasteiger partial charge is 0.259 e. The van der Waals surface area contributed by atoms with Gasteiger partial charge in [-0.1, -0.05) is 47.5 Å². The van der Waals surface area contributed by atoms with Crippen LogP contribution >= 0.6 is 0 Å². The number of terminal acetylenes is 1. The summed E-state index contributed by atoms with van der Waals surface area (Å²) in [7, 11) is 1.36. The molecule has 2 aliphatic rings. The molecule has 0 saturated carbocycles. The minimum atomic E-state index is -1.57. The van der Waals surface area contributed by atoms with Crippen LogP contribution in [0.5, 0.6) is 17.2 Å². The van der Waals surface area contributed by atoms with Gasteiger partial charge in [0.2, 0.25) is 0 Å². The maximum atomic E-state index is 13.9. The molecule has 0 fully saturated rings. The number of fused-ring (bicyclic) bond motifs is 4. The second-order valence-corrected chi connectivity index (χ2v) is 9.92. The number of amides is 1. The summed E-state index contributed by atoms with van der Waals surface area (Å²) in [6.07, 6.45) is 6.46. The summed E-state index contributed by atoms with van der Waals surface area (Å²) in [5, 5.41) is 30.6. The lowest BCUT2D eigenvalue weighted by atomic mass is 9.71. The van der Waals surface area contributed by atoms with Crippen LogP contribution in [0.3, 0.4) is 0 Å². The zero-order chi connectivity index (χ0) is 29.5. The van der Waals surface area contributed by atoms with Gasteiger partial charge in [-0.3, -0.25) is 9.59 Å². The highest BCUT2D eigenvalue weighted by atomic mass is 16.6. The van der Waals surface area contributed by atoms with Crippen LogP contribution in [0.25, 0.3) is 10.8 Å². The SMILES string of the molecule is C#CCO/N=C(\C)C1=C(O)C=C2Oc3c(C(=O)NCc4c(C)ccc5ccccc45)c(OC)cc(O)c3[C@]2(C)C1=O. The van der Waals surface area contributed by atoms with E-state index in [1.165, 1.54) is 26.2 Å². The highest BCUT2D eigenvalue weighted by Crippen LogP contribution is 2.56. The van der Waals surface area contributed by atoms with Crippen molar-refractivity contribution in [2.75, 3.05) is 13.7 Å². The minimum absolute atomic E-state index is 0.00583. The van der Waals surface area contributed by atoms with Gasteiger partial charge < -0.3 is 29.8 Å². The lowest BCUT2D eigenvalue weighted by molar-refractivity contribution is -0.119. The largest absolute Gasteiger partial charge is 0.507 e. The van der Waals surface area contributed by atoms with Crippen molar-refractivity contribution in [3.05, 3.63) is 87.9 Å². The Bertz CT molecular complexity index is 1760. The average Bonchev–Trinajstić information content (AvgIpc) is 3.25. The van der Waals surface area contributed by atoms with E-state index in [0.29, 0.717) is 0 Å². The van der Waals surface area contributed by atoms with Crippen molar-refractivity contribution in [3.8, 4) is 29.6 Å². The van der Waals surface area contributed by atoms with Gasteiger partial charge >= 0.3 is 0 Å². The van der Waals surface area contributed by atoms with Crippen molar-refractivity contribution in [2.24, 2.45) is 5.16 Å². The van der Waals surface area contributed by atoms with Gasteiger partial charge in [0.25, 0.3) is 5.91 Å². The standard InChI is InChI=1S/C32H28N2O7/c1-6-13-40-34-18(3)26-22(35)15-25-32(4,30(26)37)28-23(36)14-24(39-5)27(29(28)41-25)31(38)33-16-21-17(2)11-12-19-9-7-8-10-20(19)21/h1,7-12,14-15,35-36H,13,16H2,2-5H3,(H,33,38)/b34-18+/t32-/m1/s1. The molecule has 5 rings (SSSR count). The zero-order valence-corrected chi connectivity index (χ0v) is 23.0. The maximum absolute atomic E-state index is 13.9. The highest BCUT2D eigenvalue weighted by Gasteiger charge is 2.55. The molecular formula is C32H28N2O7. The van der Waals surface area contributed by atoms with Gasteiger partial charge in [0.15, 0.2) is 18.1 Å². The number of carbonyl (C=O) groups is 2. The Balaban J connectivity index is 1.55. The predicted octanol–water partition coefficient (Wildman–Crippen LogP) is 4.75. The average molecular weight is 553 g/mol. The molecule has 3 aromatic rings. The molecule has 0 saturated heterocycles. The highest BCUT2D eigenvalue weighted by molar-refractivity contribution is 6.27. The number of hydrogen-bond donors (Lipinski definition) is 3. The van der Waals surface area contributed by atoms with Crippen molar-refractivity contribution in [2.45, 2.75) is 32.7 Å². The van der Waals surface area contributed by atoms with Gasteiger partial charge in [0.1, 0.15) is 34.0 Å². The van der Waals surface area contributed by atoms with Crippen molar-refractivity contribution in [3.63, 3.8) is 0 Å². The lowest BCUT2D eigenvalue weighted by Gasteiger charge is -2.28. The molecular weight excluding hydrogens is 524 g/mol. The van der Waals surface area contributed by atoms with Crippen LogP contribution in [0.2, 0.25) is 0 Å². The van der Waals surface area contributed by atoms with Crippen LogP contribution in [0.15, 0.2) is 70.8 Å². The molecule has 3 aromatic carbocycles. The summed E-state index contributed by atoms with van der Waals surface area (Å²) >= 11 is 0. The molecule has 0 spiro atoms. The number of nitrogens with one attached hydrogen (secondary N) is 1. The summed E-state index contributed by atoms with van der Waals surface area (Å²) < 4.78 is 11.5. The monoisotopic (exact) mass is 552 g/mol. The van der Waals surface area contributed by atoms with Crippen molar-refractivity contribution in [1.82, 2.24) is 5.32 Å². The molecule has 1 amide bonds. The fraction of sp³-hybridized carbons (Fsp3) is 0.219. The van der Waals surface area contributed by atoms with Crippen molar-refractivity contribution < 1.29 is 34.1 Å². The number of benzene rings is 3. The normalized spacial score (nSPS) is 17.8. The van der Waals surface area contributed by atoms with Gasteiger partial charge in [-0.2, -0.15) is 0 Å². The first kappa shape index (κ1) is 27.3. The molecule has 3 N–H and O–H groups in total. The number of aliphatic hydroxyl groups excluding tert-OH is 1. The first-order valence-electron chi connectivity index (χ1n) is 12.8. The molecule has 0 radical (unpaired) electrons. The van der Waals surface area contributed by atoms with Crippen LogP contribution in [0.1, 0.15) is 40.9 Å². The third-order valence-electron chi connectivity index (χ3n) is 7.49. The molecule has 208 valence electrons. The summed E-state index contributed by atoms with van der Waals surface area (Å²) in [5.74, 6) is 0.486. The summed E-state index contributed by atoms with van der Waals surface area (Å²) in [4.78, 5) is 32.6. The number of methoxy groups -OCH3 is 1. The number of Topliss-reactive ketones (excluding diaryl/α,β-unsaturated/α-hetero) is 1. The number of allylic oxidation sites excluding steroid dienone is 3. The van der Waals surface area contributed by atoms with Gasteiger partial charge in [-0.25, -0.2) is 0 Å². The summed E-state index contributed by atoms with van der Waals surface area (Å²) in [6, 6.07) is 13.2. The van der Waals surface area contributed by atoms with E-state index < -0.39 is 22.9 Å². The summed E-state index contributed by atoms with van der Waals surface area (Å²) in [6.45, 7) is 5.09. The van der Waals surface area contributed by atoms with Crippen LogP contribution in [0, 0.1) is 19.3 Å². The van der Waals surface area contributed by atoms with Crippen LogP contribution in [-0.2, 0) is 21.6 Å². The van der Waals surface area contributed by atoms with Crippen LogP contribution < -0.4 is 14.8 Å². The fourth-order valence-corrected chi connectivity index (χ4v) is 5.38. The number of hydrogen-bond acceptors (Lipinski definition) is 8. The summed E-state index contributed by atoms with van der Waals surface area (Å²) in [5.41, 5.74) is 0.425. The van der Waals surface area contributed by atoms with Crippen LogP contribution in [-0.4, -0.2) is 41.3 Å². The van der Waals surface area contributed by atoms with Gasteiger partial charge in [-0.05, 0) is 42.7 Å². The molecule has 0 unspecified atom stereocenters. The van der Waals surface area contributed by atoms with Gasteiger partial charge in [0, 0.05) is 18.7 Å². The van der Waals surface area contributed by atoms with E-state index in [1.807, 2.05) is 43.3 Å². The predicted molar refractivity (Wildman–Crippen MR) is 153 cm³/mol. The number of aryl methyl sites for hydroxylation is 1. The lowest BCUT2D eigenvalue weighted by Crippen LogP contribution is -2.38. The third kappa shape index (κ3) is 4.34. The molecule has 41 heavy (non-hydrogen) atoms. The number of ketones is 1. The number of aromatic hydroxyl groups is 1. The number of nitrogens with zero attached hydrogens (tertiary/aromatic N) is 1. The first-order chi connectivity index (χ1) is 19.6. The fourth-order valence-electron chi connectivity index (χ4n) is 5.38. The van der Waals surface area contributed by atoms with E-state index in [2.05, 4.69) is 16.4 Å². The number of rotatable bonds is 7. The number of phenolic OH excluding ortho intramolecular Hbond substituents is 1.